The molecule has 1 saturated heterocycles. The number of hydrogen-bond acceptors (Lipinski definition) is 6. The Labute approximate surface area is 282 Å². The molecule has 1 rings (SSSR count). The smallest absolute Gasteiger partial charge is 0.306 e. The lowest BCUT2D eigenvalue weighted by molar-refractivity contribution is -0.161. The fourth-order valence-electron chi connectivity index (χ4n) is 5.50. The van der Waals surface area contributed by atoms with E-state index in [1.807, 2.05) is 0 Å². The number of unbranched alkanes of at least 4 members (excludes halogenated alkanes) is 12. The van der Waals surface area contributed by atoms with Crippen LogP contribution >= 0.6 is 0 Å². The van der Waals surface area contributed by atoms with Gasteiger partial charge in [-0.1, -0.05) is 141 Å². The van der Waals surface area contributed by atoms with Gasteiger partial charge in [-0.15, -0.1) is 0 Å². The van der Waals surface area contributed by atoms with E-state index in [4.69, 9.17) is 14.2 Å². The number of ether oxygens (including phenoxy) is 3. The molecule has 1 aliphatic heterocycles. The minimum atomic E-state index is -0.800. The summed E-state index contributed by atoms with van der Waals surface area (Å²) in [5.41, 5.74) is 0. The largest absolute Gasteiger partial charge is 0.462 e. The van der Waals surface area contributed by atoms with Crippen molar-refractivity contribution >= 4 is 11.9 Å². The van der Waals surface area contributed by atoms with Crippen LogP contribution < -0.4 is 0 Å². The van der Waals surface area contributed by atoms with Crippen LogP contribution in [0.2, 0.25) is 0 Å². The molecule has 0 bridgehead atoms. The molecule has 4 atom stereocenters. The Morgan fingerprint density at radius 2 is 1.33 bits per heavy atom. The molecule has 1 heterocycles. The lowest BCUT2D eigenvalue weighted by atomic mass is 9.99. The highest BCUT2D eigenvalue weighted by Crippen LogP contribution is 2.30. The predicted molar refractivity (Wildman–Crippen MR) is 191 cm³/mol. The molecule has 0 spiro atoms. The van der Waals surface area contributed by atoms with Gasteiger partial charge in [0.1, 0.15) is 6.61 Å². The Kier molecular flexibility index (Phi) is 27.8. The summed E-state index contributed by atoms with van der Waals surface area (Å²) < 4.78 is 16.3. The maximum Gasteiger partial charge on any atom is 0.306 e. The SMILES string of the molecule is CCCCC/C=C\C/C=C\C/C=C\CC1OC1CCCC(=O)OC[C@H](CO)OC(=O)CCCCCCCCCCCCC(C)CC. The van der Waals surface area contributed by atoms with E-state index >= 15 is 0 Å². The van der Waals surface area contributed by atoms with Crippen molar-refractivity contribution in [1.82, 2.24) is 0 Å². The molecule has 3 unspecified atom stereocenters. The maximum absolute atomic E-state index is 12.2. The van der Waals surface area contributed by atoms with E-state index in [1.54, 1.807) is 0 Å². The van der Waals surface area contributed by atoms with Crippen LogP contribution in [0.15, 0.2) is 36.5 Å². The van der Waals surface area contributed by atoms with Crippen molar-refractivity contribution < 1.29 is 28.9 Å². The summed E-state index contributed by atoms with van der Waals surface area (Å²) in [4.78, 5) is 24.3. The predicted octanol–water partition coefficient (Wildman–Crippen LogP) is 10.5. The number of aliphatic hydroxyl groups excluding tert-OH is 1. The quantitative estimate of drug-likeness (QED) is 0.0339. The van der Waals surface area contributed by atoms with Gasteiger partial charge < -0.3 is 19.3 Å². The first-order valence-electron chi connectivity index (χ1n) is 19.1. The zero-order valence-corrected chi connectivity index (χ0v) is 29.9. The third kappa shape index (κ3) is 26.2. The zero-order chi connectivity index (χ0) is 33.5. The number of allylic oxidation sites excluding steroid dienone is 5. The number of aliphatic hydroxyl groups is 1. The fourth-order valence-corrected chi connectivity index (χ4v) is 5.50. The lowest BCUT2D eigenvalue weighted by Crippen LogP contribution is -2.28. The van der Waals surface area contributed by atoms with Gasteiger partial charge in [-0.3, -0.25) is 9.59 Å². The van der Waals surface area contributed by atoms with Crippen molar-refractivity contribution in [2.45, 2.75) is 187 Å². The highest BCUT2D eigenvalue weighted by molar-refractivity contribution is 5.70. The number of carbonyl (C=O) groups is 2. The average molecular weight is 647 g/mol. The van der Waals surface area contributed by atoms with Gasteiger partial charge in [-0.05, 0) is 57.3 Å². The molecule has 1 aliphatic rings. The van der Waals surface area contributed by atoms with Crippen LogP contribution in [-0.4, -0.2) is 48.6 Å². The van der Waals surface area contributed by atoms with E-state index in [-0.39, 0.29) is 37.4 Å². The summed E-state index contributed by atoms with van der Waals surface area (Å²) in [6, 6.07) is 0. The summed E-state index contributed by atoms with van der Waals surface area (Å²) in [6.07, 6.45) is 37.9. The number of epoxide rings is 1. The molecule has 0 aliphatic carbocycles. The number of esters is 2. The van der Waals surface area contributed by atoms with Crippen LogP contribution in [-0.2, 0) is 23.8 Å². The zero-order valence-electron chi connectivity index (χ0n) is 29.9. The van der Waals surface area contributed by atoms with Gasteiger partial charge in [0.15, 0.2) is 6.10 Å². The van der Waals surface area contributed by atoms with Crippen LogP contribution in [0.5, 0.6) is 0 Å². The molecule has 6 nitrogen and oxygen atoms in total. The molecule has 6 heteroatoms. The molecule has 0 aromatic carbocycles. The summed E-state index contributed by atoms with van der Waals surface area (Å²) in [7, 11) is 0. The van der Waals surface area contributed by atoms with Gasteiger partial charge in [-0.25, -0.2) is 0 Å². The summed E-state index contributed by atoms with van der Waals surface area (Å²) in [5.74, 6) is 0.204. The Morgan fingerprint density at radius 1 is 0.717 bits per heavy atom. The molecule has 1 fully saturated rings. The van der Waals surface area contributed by atoms with E-state index in [0.717, 1.165) is 50.9 Å². The molecule has 1 N–H and O–H groups in total. The summed E-state index contributed by atoms with van der Waals surface area (Å²) in [5, 5.41) is 9.56. The van der Waals surface area contributed by atoms with Gasteiger partial charge in [0.05, 0.1) is 18.8 Å². The van der Waals surface area contributed by atoms with E-state index in [1.165, 1.54) is 83.5 Å². The Morgan fingerprint density at radius 3 is 1.98 bits per heavy atom. The Hall–Kier alpha value is -1.92. The average Bonchev–Trinajstić information content (AvgIpc) is 3.81. The highest BCUT2D eigenvalue weighted by atomic mass is 16.6. The van der Waals surface area contributed by atoms with Crippen LogP contribution in [0.25, 0.3) is 0 Å². The van der Waals surface area contributed by atoms with Crippen LogP contribution in [0.4, 0.5) is 0 Å². The standard InChI is InChI=1S/C40H70O6/c1-4-6-7-8-9-10-11-12-16-19-22-25-29-37-38(46-37)30-27-32-39(42)44-34-36(33-41)45-40(43)31-26-23-20-17-14-13-15-18-21-24-28-35(3)5-2/h9-10,12,16,22,25,35-38,41H,4-8,11,13-15,17-21,23-24,26-34H2,1-3H3/b10-9-,16-12-,25-22-/t35?,36-,37?,38?/m0/s1. The van der Waals surface area contributed by atoms with Crippen molar-refractivity contribution in [3.63, 3.8) is 0 Å². The summed E-state index contributed by atoms with van der Waals surface area (Å²) in [6.45, 7) is 6.40. The van der Waals surface area contributed by atoms with Crippen LogP contribution in [0, 0.1) is 5.92 Å². The molecular weight excluding hydrogens is 576 g/mol. The van der Waals surface area contributed by atoms with Gasteiger partial charge in [0.25, 0.3) is 0 Å². The molecule has 0 aromatic rings. The molecule has 46 heavy (non-hydrogen) atoms. The first kappa shape index (κ1) is 42.1. The first-order valence-corrected chi connectivity index (χ1v) is 19.1. The fraction of sp³-hybridized carbons (Fsp3) is 0.800. The van der Waals surface area contributed by atoms with Crippen molar-refractivity contribution in [2.24, 2.45) is 5.92 Å². The summed E-state index contributed by atoms with van der Waals surface area (Å²) >= 11 is 0. The maximum atomic E-state index is 12.2. The second-order valence-electron chi connectivity index (χ2n) is 13.3. The topological polar surface area (TPSA) is 85.4 Å². The number of hydrogen-bond donors (Lipinski definition) is 1. The number of rotatable bonds is 32. The van der Waals surface area contributed by atoms with Crippen LogP contribution in [0.1, 0.15) is 168 Å². The molecule has 0 amide bonds. The van der Waals surface area contributed by atoms with Crippen molar-refractivity contribution in [3.05, 3.63) is 36.5 Å². The molecule has 266 valence electrons. The lowest BCUT2D eigenvalue weighted by Gasteiger charge is -2.15. The highest BCUT2D eigenvalue weighted by Gasteiger charge is 2.36. The van der Waals surface area contributed by atoms with Crippen molar-refractivity contribution in [1.29, 1.82) is 0 Å². The third-order valence-corrected chi connectivity index (χ3v) is 8.90. The van der Waals surface area contributed by atoms with E-state index in [9.17, 15) is 14.7 Å². The van der Waals surface area contributed by atoms with Gasteiger partial charge in [-0.2, -0.15) is 0 Å². The molecule has 0 aromatic heterocycles. The van der Waals surface area contributed by atoms with E-state index in [2.05, 4.69) is 57.2 Å². The van der Waals surface area contributed by atoms with Crippen LogP contribution in [0.3, 0.4) is 0 Å². The minimum Gasteiger partial charge on any atom is -0.462 e. The molecule has 0 saturated carbocycles. The number of carbonyl (C=O) groups excluding carboxylic acids is 2. The van der Waals surface area contributed by atoms with Gasteiger partial charge >= 0.3 is 11.9 Å². The normalized spacial score (nSPS) is 17.7. The van der Waals surface area contributed by atoms with Crippen molar-refractivity contribution in [2.75, 3.05) is 13.2 Å². The Balaban J connectivity index is 1.96. The Bertz CT molecular complexity index is 819. The first-order chi connectivity index (χ1) is 22.5. The van der Waals surface area contributed by atoms with Crippen molar-refractivity contribution in [3.8, 4) is 0 Å². The third-order valence-electron chi connectivity index (χ3n) is 8.90. The molecular formula is C40H70O6. The molecule has 0 radical (unpaired) electrons. The van der Waals surface area contributed by atoms with E-state index in [0.29, 0.717) is 19.3 Å². The minimum absolute atomic E-state index is 0.101. The van der Waals surface area contributed by atoms with E-state index < -0.39 is 6.10 Å². The monoisotopic (exact) mass is 647 g/mol. The van der Waals surface area contributed by atoms with Gasteiger partial charge in [0, 0.05) is 12.8 Å². The van der Waals surface area contributed by atoms with Gasteiger partial charge in [0.2, 0.25) is 0 Å². The second-order valence-corrected chi connectivity index (χ2v) is 13.3. The second kappa shape index (κ2) is 30.4.